The number of anilines is 1. The van der Waals surface area contributed by atoms with Crippen molar-refractivity contribution < 1.29 is 4.79 Å². The van der Waals surface area contributed by atoms with Crippen LogP contribution in [0.4, 0.5) is 5.69 Å². The molecule has 2 heterocycles. The second kappa shape index (κ2) is 6.97. The number of halogens is 1. The van der Waals surface area contributed by atoms with Gasteiger partial charge in [0.1, 0.15) is 5.01 Å². The number of hydrogen-bond donors (Lipinski definition) is 1. The highest BCUT2D eigenvalue weighted by Crippen LogP contribution is 2.27. The SMILES string of the molecule is CCc1nnc2sc(-c3cccc(NC(=O)c4ccc(Br)cc4)c3)nn12. The normalized spacial score (nSPS) is 11.0. The number of benzene rings is 2. The first-order valence-electron chi connectivity index (χ1n) is 8.02. The van der Waals surface area contributed by atoms with E-state index >= 15 is 0 Å². The fourth-order valence-corrected chi connectivity index (χ4v) is 3.65. The van der Waals surface area contributed by atoms with Gasteiger partial charge in [-0.2, -0.15) is 9.61 Å². The van der Waals surface area contributed by atoms with Crippen molar-refractivity contribution in [2.24, 2.45) is 0 Å². The second-order valence-electron chi connectivity index (χ2n) is 5.61. The third-order valence-corrected chi connectivity index (χ3v) is 5.32. The van der Waals surface area contributed by atoms with Gasteiger partial charge in [0, 0.05) is 27.7 Å². The van der Waals surface area contributed by atoms with Crippen molar-refractivity contribution in [3.8, 4) is 10.6 Å². The van der Waals surface area contributed by atoms with Crippen LogP contribution in [0.25, 0.3) is 15.5 Å². The molecule has 0 radical (unpaired) electrons. The van der Waals surface area contributed by atoms with E-state index < -0.39 is 0 Å². The first-order chi connectivity index (χ1) is 12.6. The van der Waals surface area contributed by atoms with Crippen LogP contribution in [0, 0.1) is 0 Å². The van der Waals surface area contributed by atoms with Gasteiger partial charge >= 0.3 is 0 Å². The summed E-state index contributed by atoms with van der Waals surface area (Å²) in [6.45, 7) is 2.02. The maximum absolute atomic E-state index is 12.4. The van der Waals surface area contributed by atoms with Crippen molar-refractivity contribution >= 4 is 43.8 Å². The fourth-order valence-electron chi connectivity index (χ4n) is 2.53. The van der Waals surface area contributed by atoms with Crippen LogP contribution in [0.2, 0.25) is 0 Å². The molecule has 2 aromatic carbocycles. The summed E-state index contributed by atoms with van der Waals surface area (Å²) < 4.78 is 2.71. The van der Waals surface area contributed by atoms with Crippen molar-refractivity contribution in [3.63, 3.8) is 0 Å². The third kappa shape index (κ3) is 3.25. The van der Waals surface area contributed by atoms with E-state index in [4.69, 9.17) is 0 Å². The fraction of sp³-hybridized carbons (Fsp3) is 0.111. The van der Waals surface area contributed by atoms with Gasteiger partial charge in [-0.1, -0.05) is 46.3 Å². The molecule has 26 heavy (non-hydrogen) atoms. The molecular formula is C18H14BrN5OS. The quantitative estimate of drug-likeness (QED) is 0.522. The number of amides is 1. The minimum absolute atomic E-state index is 0.152. The average Bonchev–Trinajstić information content (AvgIpc) is 3.23. The van der Waals surface area contributed by atoms with Gasteiger partial charge in [-0.25, -0.2) is 0 Å². The molecule has 0 aliphatic rings. The molecule has 1 amide bonds. The summed E-state index contributed by atoms with van der Waals surface area (Å²) in [5, 5.41) is 16.6. The number of hydrogen-bond acceptors (Lipinski definition) is 5. The van der Waals surface area contributed by atoms with Crippen molar-refractivity contribution in [3.05, 3.63) is 64.4 Å². The molecule has 0 unspecified atom stereocenters. The number of rotatable bonds is 4. The standard InChI is InChI=1S/C18H14BrN5OS/c1-2-15-21-22-18-24(15)23-17(26-18)12-4-3-5-14(10-12)20-16(25)11-6-8-13(19)9-7-11/h3-10H,2H2,1H3,(H,20,25). The zero-order valence-corrected chi connectivity index (χ0v) is 16.2. The van der Waals surface area contributed by atoms with Gasteiger partial charge in [-0.05, 0) is 36.4 Å². The first kappa shape index (κ1) is 16.9. The summed E-state index contributed by atoms with van der Waals surface area (Å²) in [7, 11) is 0. The molecule has 2 aromatic heterocycles. The zero-order valence-electron chi connectivity index (χ0n) is 13.8. The molecule has 4 aromatic rings. The summed E-state index contributed by atoms with van der Waals surface area (Å²) in [6, 6.07) is 14.9. The van der Waals surface area contributed by atoms with Gasteiger partial charge < -0.3 is 5.32 Å². The average molecular weight is 428 g/mol. The summed E-state index contributed by atoms with van der Waals surface area (Å²) in [5.41, 5.74) is 2.25. The smallest absolute Gasteiger partial charge is 0.255 e. The van der Waals surface area contributed by atoms with E-state index in [1.54, 1.807) is 16.6 Å². The molecular weight excluding hydrogens is 414 g/mol. The van der Waals surface area contributed by atoms with E-state index in [0.29, 0.717) is 5.56 Å². The van der Waals surface area contributed by atoms with Gasteiger partial charge in [0.25, 0.3) is 5.91 Å². The Morgan fingerprint density at radius 3 is 2.77 bits per heavy atom. The Hall–Kier alpha value is -2.58. The maximum atomic E-state index is 12.4. The zero-order chi connectivity index (χ0) is 18.1. The monoisotopic (exact) mass is 427 g/mol. The summed E-state index contributed by atoms with van der Waals surface area (Å²) >= 11 is 4.84. The van der Waals surface area contributed by atoms with Crippen molar-refractivity contribution in [1.82, 2.24) is 19.8 Å². The lowest BCUT2D eigenvalue weighted by atomic mass is 10.2. The molecule has 8 heteroatoms. The van der Waals surface area contributed by atoms with Crippen molar-refractivity contribution in [2.45, 2.75) is 13.3 Å². The molecule has 1 N–H and O–H groups in total. The molecule has 0 fully saturated rings. The predicted octanol–water partition coefficient (Wildman–Crippen LogP) is 4.43. The Bertz CT molecular complexity index is 1090. The Balaban J connectivity index is 1.60. The van der Waals surface area contributed by atoms with Crippen LogP contribution in [0.5, 0.6) is 0 Å². The van der Waals surface area contributed by atoms with Crippen LogP contribution < -0.4 is 5.32 Å². The molecule has 4 rings (SSSR count). The maximum Gasteiger partial charge on any atom is 0.255 e. The minimum atomic E-state index is -0.152. The van der Waals surface area contributed by atoms with Gasteiger partial charge in [0.05, 0.1) is 0 Å². The van der Waals surface area contributed by atoms with Crippen LogP contribution in [0.15, 0.2) is 53.0 Å². The second-order valence-corrected chi connectivity index (χ2v) is 7.48. The topological polar surface area (TPSA) is 72.2 Å². The van der Waals surface area contributed by atoms with Crippen LogP contribution >= 0.6 is 27.3 Å². The van der Waals surface area contributed by atoms with Crippen molar-refractivity contribution in [2.75, 3.05) is 5.32 Å². The first-order valence-corrected chi connectivity index (χ1v) is 9.63. The van der Waals surface area contributed by atoms with E-state index in [9.17, 15) is 4.79 Å². The molecule has 0 saturated carbocycles. The van der Waals surface area contributed by atoms with Crippen LogP contribution in [0.1, 0.15) is 23.1 Å². The Kier molecular flexibility index (Phi) is 4.52. The largest absolute Gasteiger partial charge is 0.322 e. The van der Waals surface area contributed by atoms with Crippen LogP contribution in [-0.2, 0) is 6.42 Å². The minimum Gasteiger partial charge on any atom is -0.322 e. The molecule has 0 aliphatic heterocycles. The summed E-state index contributed by atoms with van der Waals surface area (Å²) in [5.74, 6) is 0.684. The number of carbonyl (C=O) groups is 1. The lowest BCUT2D eigenvalue weighted by molar-refractivity contribution is 0.102. The van der Waals surface area contributed by atoms with E-state index in [2.05, 4.69) is 36.5 Å². The highest BCUT2D eigenvalue weighted by atomic mass is 79.9. The molecule has 0 saturated heterocycles. The van der Waals surface area contributed by atoms with E-state index in [1.165, 1.54) is 11.3 Å². The molecule has 0 aliphatic carbocycles. The van der Waals surface area contributed by atoms with Crippen molar-refractivity contribution in [1.29, 1.82) is 0 Å². The number of aryl methyl sites for hydroxylation is 1. The van der Waals surface area contributed by atoms with E-state index in [1.807, 2.05) is 43.3 Å². The highest BCUT2D eigenvalue weighted by molar-refractivity contribution is 9.10. The molecule has 0 bridgehead atoms. The predicted molar refractivity (Wildman–Crippen MR) is 106 cm³/mol. The number of nitrogens with zero attached hydrogens (tertiary/aromatic N) is 4. The Morgan fingerprint density at radius 2 is 2.00 bits per heavy atom. The van der Waals surface area contributed by atoms with Gasteiger partial charge in [-0.15, -0.1) is 10.2 Å². The van der Waals surface area contributed by atoms with Gasteiger partial charge in [-0.3, -0.25) is 4.79 Å². The Morgan fingerprint density at radius 1 is 1.19 bits per heavy atom. The van der Waals surface area contributed by atoms with Crippen LogP contribution in [0.3, 0.4) is 0 Å². The van der Waals surface area contributed by atoms with E-state index in [0.717, 1.165) is 37.9 Å². The van der Waals surface area contributed by atoms with Gasteiger partial charge in [0.15, 0.2) is 5.82 Å². The van der Waals surface area contributed by atoms with Gasteiger partial charge in [0.2, 0.25) is 4.96 Å². The number of nitrogens with one attached hydrogen (secondary N) is 1. The lowest BCUT2D eigenvalue weighted by Gasteiger charge is -2.06. The lowest BCUT2D eigenvalue weighted by Crippen LogP contribution is -2.11. The van der Waals surface area contributed by atoms with E-state index in [-0.39, 0.29) is 5.91 Å². The molecule has 0 atom stereocenters. The van der Waals surface area contributed by atoms with Crippen LogP contribution in [-0.4, -0.2) is 25.7 Å². The highest BCUT2D eigenvalue weighted by Gasteiger charge is 2.13. The number of fused-ring (bicyclic) bond motifs is 1. The molecule has 6 nitrogen and oxygen atoms in total. The number of aromatic nitrogens is 4. The summed E-state index contributed by atoms with van der Waals surface area (Å²) in [6.07, 6.45) is 0.771. The summed E-state index contributed by atoms with van der Waals surface area (Å²) in [4.78, 5) is 13.2. The number of carbonyl (C=O) groups excluding carboxylic acids is 1. The molecule has 0 spiro atoms. The molecule has 130 valence electrons. The Labute approximate surface area is 162 Å². The third-order valence-electron chi connectivity index (χ3n) is 3.85.